The van der Waals surface area contributed by atoms with Gasteiger partial charge in [-0.25, -0.2) is 4.79 Å². The van der Waals surface area contributed by atoms with Gasteiger partial charge in [0.15, 0.2) is 0 Å². The number of nitrogens with zero attached hydrogens (tertiary/aromatic N) is 2. The molecule has 1 aliphatic carbocycles. The first-order valence-corrected chi connectivity index (χ1v) is 9.46. The summed E-state index contributed by atoms with van der Waals surface area (Å²) >= 11 is 1.68. The number of aliphatic carboxylic acids is 1. The van der Waals surface area contributed by atoms with Crippen LogP contribution in [0, 0.1) is 11.8 Å². The largest absolute Gasteiger partial charge is 0.480 e. The van der Waals surface area contributed by atoms with E-state index in [4.69, 9.17) is 0 Å². The minimum Gasteiger partial charge on any atom is -0.480 e. The Hall–Kier alpha value is -1.50. The van der Waals surface area contributed by atoms with Crippen LogP contribution >= 0.6 is 11.8 Å². The van der Waals surface area contributed by atoms with Crippen molar-refractivity contribution in [3.05, 3.63) is 18.0 Å². The standard InChI is InChI=1S/C16H25N3O3S/c1-11-3-5-12(6-4-11)14(16(21)22)18-15(20)13-7-8-17-19(13)9-10-23-2/h7-8,11-12,14H,3-6,9-10H2,1-2H3,(H,18,20)(H,21,22). The van der Waals surface area contributed by atoms with Crippen LogP contribution in [0.5, 0.6) is 0 Å². The van der Waals surface area contributed by atoms with Gasteiger partial charge in [0.05, 0.1) is 6.54 Å². The highest BCUT2D eigenvalue weighted by Crippen LogP contribution is 2.30. The van der Waals surface area contributed by atoms with Gasteiger partial charge in [-0.15, -0.1) is 0 Å². The highest BCUT2D eigenvalue weighted by atomic mass is 32.2. The maximum absolute atomic E-state index is 12.5. The van der Waals surface area contributed by atoms with E-state index >= 15 is 0 Å². The number of amides is 1. The molecule has 23 heavy (non-hydrogen) atoms. The molecule has 0 aromatic carbocycles. The number of aryl methyl sites for hydroxylation is 1. The SMILES string of the molecule is CSCCn1nccc1C(=O)NC(C(=O)O)C1CCC(C)CC1. The molecule has 7 heteroatoms. The van der Waals surface area contributed by atoms with Crippen molar-refractivity contribution in [2.24, 2.45) is 11.8 Å². The Morgan fingerprint density at radius 1 is 1.43 bits per heavy atom. The van der Waals surface area contributed by atoms with Gasteiger partial charge in [-0.05, 0) is 37.0 Å². The summed E-state index contributed by atoms with van der Waals surface area (Å²) in [5.74, 6) is 0.201. The van der Waals surface area contributed by atoms with E-state index in [1.807, 2.05) is 6.26 Å². The summed E-state index contributed by atoms with van der Waals surface area (Å²) in [5.41, 5.74) is 0.425. The molecule has 0 aliphatic heterocycles. The van der Waals surface area contributed by atoms with Crippen molar-refractivity contribution in [1.29, 1.82) is 0 Å². The molecule has 0 radical (unpaired) electrons. The summed E-state index contributed by atoms with van der Waals surface area (Å²) in [6, 6.07) is 0.816. The van der Waals surface area contributed by atoms with Crippen LogP contribution in [0.2, 0.25) is 0 Å². The first-order chi connectivity index (χ1) is 11.0. The maximum Gasteiger partial charge on any atom is 0.326 e. The Morgan fingerprint density at radius 2 is 2.13 bits per heavy atom. The molecule has 1 fully saturated rings. The molecule has 1 aliphatic rings. The van der Waals surface area contributed by atoms with Crippen LogP contribution in [0.4, 0.5) is 0 Å². The fraction of sp³-hybridized carbons (Fsp3) is 0.688. The summed E-state index contributed by atoms with van der Waals surface area (Å²) in [4.78, 5) is 24.1. The van der Waals surface area contributed by atoms with E-state index in [1.165, 1.54) is 0 Å². The molecule has 2 rings (SSSR count). The zero-order valence-corrected chi connectivity index (χ0v) is 14.5. The van der Waals surface area contributed by atoms with Gasteiger partial charge in [-0.1, -0.05) is 19.8 Å². The first kappa shape index (κ1) is 17.8. The van der Waals surface area contributed by atoms with Crippen LogP contribution in [0.25, 0.3) is 0 Å². The van der Waals surface area contributed by atoms with Crippen molar-refractivity contribution in [3.63, 3.8) is 0 Å². The first-order valence-electron chi connectivity index (χ1n) is 8.07. The fourth-order valence-corrected chi connectivity index (χ4v) is 3.45. The van der Waals surface area contributed by atoms with E-state index in [-0.39, 0.29) is 11.8 Å². The second-order valence-electron chi connectivity index (χ2n) is 6.24. The highest BCUT2D eigenvalue weighted by Gasteiger charge is 2.32. The minimum absolute atomic E-state index is 0.00946. The quantitative estimate of drug-likeness (QED) is 0.796. The molecule has 0 saturated heterocycles. The molecule has 0 bridgehead atoms. The Labute approximate surface area is 141 Å². The lowest BCUT2D eigenvalue weighted by atomic mass is 9.79. The average molecular weight is 339 g/mol. The number of rotatable bonds is 7. The van der Waals surface area contributed by atoms with Crippen LogP contribution in [0.3, 0.4) is 0 Å². The van der Waals surface area contributed by atoms with Crippen LogP contribution in [-0.2, 0) is 11.3 Å². The van der Waals surface area contributed by atoms with E-state index in [2.05, 4.69) is 17.3 Å². The van der Waals surface area contributed by atoms with Crippen LogP contribution in [0.15, 0.2) is 12.3 Å². The predicted octanol–water partition coefficient (Wildman–Crippen LogP) is 2.26. The number of carboxylic acid groups (broad SMARTS) is 1. The van der Waals surface area contributed by atoms with Crippen molar-refractivity contribution in [2.45, 2.75) is 45.2 Å². The number of aromatic nitrogens is 2. The molecule has 2 N–H and O–H groups in total. The summed E-state index contributed by atoms with van der Waals surface area (Å²) in [6.07, 6.45) is 7.32. The molecule has 0 spiro atoms. The average Bonchev–Trinajstić information content (AvgIpc) is 2.99. The third kappa shape index (κ3) is 4.73. The molecule has 1 aromatic heterocycles. The van der Waals surface area contributed by atoms with Crippen LogP contribution < -0.4 is 5.32 Å². The van der Waals surface area contributed by atoms with E-state index in [9.17, 15) is 14.7 Å². The topological polar surface area (TPSA) is 84.2 Å². The van der Waals surface area contributed by atoms with Crippen molar-refractivity contribution in [1.82, 2.24) is 15.1 Å². The van der Waals surface area contributed by atoms with E-state index in [0.717, 1.165) is 31.4 Å². The lowest BCUT2D eigenvalue weighted by Crippen LogP contribution is -2.47. The summed E-state index contributed by atoms with van der Waals surface area (Å²) in [6.45, 7) is 2.82. The molecule has 1 atom stereocenters. The van der Waals surface area contributed by atoms with Gasteiger partial charge in [0.25, 0.3) is 5.91 Å². The third-order valence-electron chi connectivity index (χ3n) is 4.54. The third-order valence-corrected chi connectivity index (χ3v) is 5.13. The summed E-state index contributed by atoms with van der Waals surface area (Å²) < 4.78 is 1.63. The maximum atomic E-state index is 12.5. The van der Waals surface area contributed by atoms with Gasteiger partial charge in [-0.2, -0.15) is 16.9 Å². The van der Waals surface area contributed by atoms with Crippen molar-refractivity contribution >= 4 is 23.6 Å². The van der Waals surface area contributed by atoms with E-state index in [1.54, 1.807) is 28.7 Å². The molecular formula is C16H25N3O3S. The van der Waals surface area contributed by atoms with E-state index < -0.39 is 12.0 Å². The van der Waals surface area contributed by atoms with Crippen molar-refractivity contribution in [2.75, 3.05) is 12.0 Å². The van der Waals surface area contributed by atoms with Gasteiger partial charge in [0.1, 0.15) is 11.7 Å². The number of thioether (sulfide) groups is 1. The molecule has 1 saturated carbocycles. The Balaban J connectivity index is 2.03. The predicted molar refractivity (Wildman–Crippen MR) is 90.6 cm³/mol. The van der Waals surface area contributed by atoms with E-state index in [0.29, 0.717) is 18.2 Å². The second kappa shape index (κ2) is 8.38. The molecule has 1 unspecified atom stereocenters. The lowest BCUT2D eigenvalue weighted by Gasteiger charge is -2.30. The minimum atomic E-state index is -0.951. The number of carbonyl (C=O) groups excluding carboxylic acids is 1. The summed E-state index contributed by atoms with van der Waals surface area (Å²) in [5, 5.41) is 16.4. The van der Waals surface area contributed by atoms with Gasteiger partial charge >= 0.3 is 5.97 Å². The number of nitrogens with one attached hydrogen (secondary N) is 1. The van der Waals surface area contributed by atoms with Crippen LogP contribution in [-0.4, -0.2) is 44.8 Å². The monoisotopic (exact) mass is 339 g/mol. The number of carbonyl (C=O) groups is 2. The van der Waals surface area contributed by atoms with Crippen molar-refractivity contribution in [3.8, 4) is 0 Å². The van der Waals surface area contributed by atoms with Crippen molar-refractivity contribution < 1.29 is 14.7 Å². The molecule has 128 valence electrons. The number of hydrogen-bond donors (Lipinski definition) is 2. The van der Waals surface area contributed by atoms with Gasteiger partial charge in [0.2, 0.25) is 0 Å². The summed E-state index contributed by atoms with van der Waals surface area (Å²) in [7, 11) is 0. The van der Waals surface area contributed by atoms with Gasteiger partial charge in [0, 0.05) is 11.9 Å². The Kier molecular flexibility index (Phi) is 6.50. The van der Waals surface area contributed by atoms with Gasteiger partial charge < -0.3 is 10.4 Å². The Bertz CT molecular complexity index is 538. The molecule has 1 heterocycles. The molecule has 6 nitrogen and oxygen atoms in total. The number of carboxylic acids is 1. The molecular weight excluding hydrogens is 314 g/mol. The lowest BCUT2D eigenvalue weighted by molar-refractivity contribution is -0.141. The second-order valence-corrected chi connectivity index (χ2v) is 7.23. The number of hydrogen-bond acceptors (Lipinski definition) is 4. The zero-order valence-electron chi connectivity index (χ0n) is 13.7. The van der Waals surface area contributed by atoms with Gasteiger partial charge in [-0.3, -0.25) is 9.48 Å². The smallest absolute Gasteiger partial charge is 0.326 e. The molecule has 1 amide bonds. The Morgan fingerprint density at radius 3 is 2.74 bits per heavy atom. The highest BCUT2D eigenvalue weighted by molar-refractivity contribution is 7.98. The normalized spacial score (nSPS) is 22.5. The van der Waals surface area contributed by atoms with Crippen LogP contribution in [0.1, 0.15) is 43.1 Å². The fourth-order valence-electron chi connectivity index (χ4n) is 3.10. The zero-order chi connectivity index (χ0) is 16.8. The molecule has 1 aromatic rings.